The Morgan fingerprint density at radius 1 is 1.06 bits per heavy atom. The van der Waals surface area contributed by atoms with Crippen molar-refractivity contribution in [2.75, 3.05) is 5.73 Å². The molecule has 0 bridgehead atoms. The van der Waals surface area contributed by atoms with Crippen molar-refractivity contribution in [3.8, 4) is 11.6 Å². The van der Waals surface area contributed by atoms with Crippen LogP contribution in [0.4, 0.5) is 5.82 Å². The molecule has 0 saturated carbocycles. The Morgan fingerprint density at radius 3 is 2.89 bits per heavy atom. The minimum Gasteiger partial charge on any atom is -0.437 e. The molecule has 0 spiro atoms. The molecule has 0 radical (unpaired) electrons. The summed E-state index contributed by atoms with van der Waals surface area (Å²) in [6.45, 7) is 0. The Bertz CT molecular complexity index is 694. The van der Waals surface area contributed by atoms with Gasteiger partial charge in [0.05, 0.1) is 17.9 Å². The monoisotopic (exact) mass is 238 g/mol. The molecule has 0 aliphatic carbocycles. The first-order valence-corrected chi connectivity index (χ1v) is 5.42. The lowest BCUT2D eigenvalue weighted by atomic mass is 10.2. The van der Waals surface area contributed by atoms with Gasteiger partial charge in [0, 0.05) is 11.6 Å². The molecular formula is C13H10N4O. The van der Waals surface area contributed by atoms with E-state index < -0.39 is 0 Å². The minimum absolute atomic E-state index is 0.325. The van der Waals surface area contributed by atoms with Crippen LogP contribution < -0.4 is 10.5 Å². The molecule has 18 heavy (non-hydrogen) atoms. The van der Waals surface area contributed by atoms with Crippen LogP contribution in [0.2, 0.25) is 0 Å². The Morgan fingerprint density at radius 2 is 2.00 bits per heavy atom. The third-order valence-electron chi connectivity index (χ3n) is 2.45. The first-order valence-electron chi connectivity index (χ1n) is 5.42. The molecule has 5 nitrogen and oxygen atoms in total. The maximum atomic E-state index is 5.68. The van der Waals surface area contributed by atoms with Crippen molar-refractivity contribution in [3.05, 3.63) is 48.9 Å². The molecule has 3 aromatic rings. The summed E-state index contributed by atoms with van der Waals surface area (Å²) in [6, 6.07) is 9.46. The average molecular weight is 238 g/mol. The highest BCUT2D eigenvalue weighted by Gasteiger charge is 2.04. The van der Waals surface area contributed by atoms with E-state index in [1.54, 1.807) is 6.20 Å². The maximum absolute atomic E-state index is 5.68. The van der Waals surface area contributed by atoms with E-state index in [1.807, 2.05) is 30.3 Å². The van der Waals surface area contributed by atoms with Crippen molar-refractivity contribution in [1.29, 1.82) is 0 Å². The van der Waals surface area contributed by atoms with E-state index in [0.29, 0.717) is 17.4 Å². The zero-order valence-corrected chi connectivity index (χ0v) is 9.45. The summed E-state index contributed by atoms with van der Waals surface area (Å²) in [5.41, 5.74) is 6.43. The number of nitrogens with two attached hydrogens (primary N) is 1. The lowest BCUT2D eigenvalue weighted by molar-refractivity contribution is 0.466. The SMILES string of the molecule is Nc1cncc(Oc2cccc3ncccc23)n1. The Hall–Kier alpha value is -2.69. The molecule has 5 heteroatoms. The normalized spacial score (nSPS) is 10.4. The first-order chi connectivity index (χ1) is 8.83. The summed E-state index contributed by atoms with van der Waals surface area (Å²) in [4.78, 5) is 12.2. The van der Waals surface area contributed by atoms with Gasteiger partial charge >= 0.3 is 0 Å². The molecule has 88 valence electrons. The van der Waals surface area contributed by atoms with Crippen LogP contribution in [0.5, 0.6) is 11.6 Å². The number of anilines is 1. The van der Waals surface area contributed by atoms with Crippen LogP contribution in [-0.2, 0) is 0 Å². The van der Waals surface area contributed by atoms with Gasteiger partial charge in [-0.3, -0.25) is 9.97 Å². The van der Waals surface area contributed by atoms with Crippen molar-refractivity contribution in [2.24, 2.45) is 0 Å². The topological polar surface area (TPSA) is 73.9 Å². The van der Waals surface area contributed by atoms with E-state index in [1.165, 1.54) is 12.4 Å². The van der Waals surface area contributed by atoms with Gasteiger partial charge in [0.15, 0.2) is 0 Å². The fourth-order valence-corrected chi connectivity index (χ4v) is 1.69. The molecule has 3 rings (SSSR count). The van der Waals surface area contributed by atoms with Gasteiger partial charge in [0.25, 0.3) is 0 Å². The molecule has 2 heterocycles. The molecule has 0 atom stereocenters. The van der Waals surface area contributed by atoms with Crippen LogP contribution in [0.25, 0.3) is 10.9 Å². The van der Waals surface area contributed by atoms with E-state index in [4.69, 9.17) is 10.5 Å². The van der Waals surface area contributed by atoms with Crippen molar-refractivity contribution in [2.45, 2.75) is 0 Å². The summed E-state index contributed by atoms with van der Waals surface area (Å²) in [5, 5.41) is 0.921. The Labute approximate surface area is 103 Å². The smallest absolute Gasteiger partial charge is 0.239 e. The van der Waals surface area contributed by atoms with Crippen molar-refractivity contribution in [3.63, 3.8) is 0 Å². The van der Waals surface area contributed by atoms with Crippen molar-refractivity contribution in [1.82, 2.24) is 15.0 Å². The Balaban J connectivity index is 2.05. The van der Waals surface area contributed by atoms with E-state index in [0.717, 1.165) is 10.9 Å². The molecule has 0 amide bonds. The lowest BCUT2D eigenvalue weighted by Gasteiger charge is -2.07. The van der Waals surface area contributed by atoms with Gasteiger partial charge in [-0.05, 0) is 24.3 Å². The highest BCUT2D eigenvalue weighted by Crippen LogP contribution is 2.27. The maximum Gasteiger partial charge on any atom is 0.239 e. The van der Waals surface area contributed by atoms with Crippen LogP contribution in [0.15, 0.2) is 48.9 Å². The van der Waals surface area contributed by atoms with Crippen LogP contribution >= 0.6 is 0 Å². The summed E-state index contributed by atoms with van der Waals surface area (Å²) in [7, 11) is 0. The van der Waals surface area contributed by atoms with E-state index in [-0.39, 0.29) is 0 Å². The van der Waals surface area contributed by atoms with E-state index in [9.17, 15) is 0 Å². The number of hydrogen-bond donors (Lipinski definition) is 1. The zero-order valence-electron chi connectivity index (χ0n) is 9.45. The standard InChI is InChI=1S/C13H10N4O/c14-12-7-15-8-13(17-12)18-11-5-1-4-10-9(11)3-2-6-16-10/h1-8H,(H2,14,17). The number of nitrogens with zero attached hydrogens (tertiary/aromatic N) is 3. The molecule has 0 saturated heterocycles. The van der Waals surface area contributed by atoms with Crippen molar-refractivity contribution < 1.29 is 4.74 Å². The van der Waals surface area contributed by atoms with Crippen molar-refractivity contribution >= 4 is 16.7 Å². The average Bonchev–Trinajstić information content (AvgIpc) is 2.39. The third kappa shape index (κ3) is 1.93. The van der Waals surface area contributed by atoms with Gasteiger partial charge in [-0.1, -0.05) is 6.07 Å². The molecule has 2 aromatic heterocycles. The molecule has 1 aromatic carbocycles. The molecular weight excluding hydrogens is 228 g/mol. The number of hydrogen-bond acceptors (Lipinski definition) is 5. The van der Waals surface area contributed by atoms with E-state index >= 15 is 0 Å². The molecule has 0 fully saturated rings. The van der Waals surface area contributed by atoms with Crippen LogP contribution in [0, 0.1) is 0 Å². The highest BCUT2D eigenvalue weighted by atomic mass is 16.5. The number of nitrogen functional groups attached to an aromatic ring is 1. The predicted molar refractivity (Wildman–Crippen MR) is 68.3 cm³/mol. The summed E-state index contributed by atoms with van der Waals surface area (Å²) < 4.78 is 5.68. The van der Waals surface area contributed by atoms with E-state index in [2.05, 4.69) is 15.0 Å². The van der Waals surface area contributed by atoms with Gasteiger partial charge in [0.1, 0.15) is 11.6 Å². The lowest BCUT2D eigenvalue weighted by Crippen LogP contribution is -1.95. The largest absolute Gasteiger partial charge is 0.437 e. The summed E-state index contributed by atoms with van der Waals surface area (Å²) >= 11 is 0. The number of rotatable bonds is 2. The number of ether oxygens (including phenoxy) is 1. The molecule has 0 aliphatic heterocycles. The second-order valence-electron chi connectivity index (χ2n) is 3.71. The first kappa shape index (κ1) is 10.5. The number of fused-ring (bicyclic) bond motifs is 1. The molecule has 0 unspecified atom stereocenters. The number of pyridine rings is 1. The van der Waals surface area contributed by atoms with Crippen LogP contribution in [0.3, 0.4) is 0 Å². The Kier molecular flexibility index (Phi) is 2.49. The number of aromatic nitrogens is 3. The van der Waals surface area contributed by atoms with Gasteiger partial charge in [-0.15, -0.1) is 0 Å². The van der Waals surface area contributed by atoms with Gasteiger partial charge in [-0.25, -0.2) is 0 Å². The van der Waals surface area contributed by atoms with Crippen LogP contribution in [-0.4, -0.2) is 15.0 Å². The second-order valence-corrected chi connectivity index (χ2v) is 3.71. The fourth-order valence-electron chi connectivity index (χ4n) is 1.69. The van der Waals surface area contributed by atoms with Gasteiger partial charge in [-0.2, -0.15) is 4.98 Å². The molecule has 0 aliphatic rings. The van der Waals surface area contributed by atoms with Gasteiger partial charge in [0.2, 0.25) is 5.88 Å². The quantitative estimate of drug-likeness (QED) is 0.742. The minimum atomic E-state index is 0.325. The zero-order chi connectivity index (χ0) is 12.4. The van der Waals surface area contributed by atoms with Gasteiger partial charge < -0.3 is 10.5 Å². The third-order valence-corrected chi connectivity index (χ3v) is 2.45. The number of benzene rings is 1. The highest BCUT2D eigenvalue weighted by molar-refractivity contribution is 5.85. The van der Waals surface area contributed by atoms with Crippen LogP contribution in [0.1, 0.15) is 0 Å². The summed E-state index contributed by atoms with van der Waals surface area (Å²) in [5.74, 6) is 1.37. The summed E-state index contributed by atoms with van der Waals surface area (Å²) in [6.07, 6.45) is 4.73. The fraction of sp³-hybridized carbons (Fsp3) is 0. The second kappa shape index (κ2) is 4.29. The predicted octanol–water partition coefficient (Wildman–Crippen LogP) is 2.40. The molecule has 2 N–H and O–H groups in total.